The molecule has 0 aliphatic rings. The molecule has 0 spiro atoms. The number of rotatable bonds is 2. The number of anilines is 3. The number of H-pyrrole nitrogens is 1. The summed E-state index contributed by atoms with van der Waals surface area (Å²) in [6, 6.07) is 1.87. The first-order valence-corrected chi connectivity index (χ1v) is 5.09. The minimum atomic E-state index is -4.77. The topological polar surface area (TPSA) is 79.6 Å². The molecule has 4 N–H and O–H groups in total. The molecule has 0 bridgehead atoms. The number of nitrogens with two attached hydrogens (primary N) is 1. The Balaban J connectivity index is 2.39. The maximum absolute atomic E-state index is 13.4. The van der Waals surface area contributed by atoms with Crippen LogP contribution in [0.1, 0.15) is 11.1 Å². The van der Waals surface area contributed by atoms with Crippen molar-refractivity contribution in [2.24, 2.45) is 0 Å². The zero-order valence-corrected chi connectivity index (χ0v) is 9.64. The van der Waals surface area contributed by atoms with Gasteiger partial charge in [-0.3, -0.25) is 0 Å². The van der Waals surface area contributed by atoms with Gasteiger partial charge in [-0.2, -0.15) is 18.2 Å². The zero-order chi connectivity index (χ0) is 14.2. The van der Waals surface area contributed by atoms with Gasteiger partial charge in [0, 0.05) is 5.69 Å². The molecule has 0 amide bonds. The normalized spacial score (nSPS) is 11.6. The van der Waals surface area contributed by atoms with Crippen LogP contribution in [0.4, 0.5) is 35.1 Å². The van der Waals surface area contributed by atoms with Crippen LogP contribution in [0.5, 0.6) is 0 Å². The third-order valence-corrected chi connectivity index (χ3v) is 2.32. The molecule has 0 saturated carbocycles. The smallest absolute Gasteiger partial charge is 0.368 e. The fraction of sp³-hybridized carbons (Fsp3) is 0.200. The van der Waals surface area contributed by atoms with Crippen LogP contribution >= 0.6 is 0 Å². The number of nitrogen functional groups attached to an aromatic ring is 1. The lowest BCUT2D eigenvalue weighted by Gasteiger charge is -2.12. The van der Waals surface area contributed by atoms with Crippen molar-refractivity contribution >= 4 is 17.6 Å². The van der Waals surface area contributed by atoms with Crippen molar-refractivity contribution in [2.45, 2.75) is 13.1 Å². The van der Waals surface area contributed by atoms with E-state index < -0.39 is 17.6 Å². The number of hydrogen-bond donors (Lipinski definition) is 3. The molecule has 1 aromatic carbocycles. The second-order valence-electron chi connectivity index (χ2n) is 3.82. The van der Waals surface area contributed by atoms with Gasteiger partial charge in [0.05, 0.1) is 5.56 Å². The summed E-state index contributed by atoms with van der Waals surface area (Å²) in [6.07, 6.45) is -4.77. The highest BCUT2D eigenvalue weighted by Crippen LogP contribution is 2.34. The van der Waals surface area contributed by atoms with Gasteiger partial charge in [-0.05, 0) is 24.6 Å². The Morgan fingerprint density at radius 2 is 2.00 bits per heavy atom. The van der Waals surface area contributed by atoms with Gasteiger partial charge < -0.3 is 11.1 Å². The summed E-state index contributed by atoms with van der Waals surface area (Å²) in [5.74, 6) is -1.29. The van der Waals surface area contributed by atoms with Gasteiger partial charge in [0.15, 0.2) is 0 Å². The van der Waals surface area contributed by atoms with Crippen molar-refractivity contribution in [3.63, 3.8) is 0 Å². The SMILES string of the molecule is Cc1cc(Nc2n[nH]c(N)n2)cc(C(F)(F)F)c1F. The highest BCUT2D eigenvalue weighted by molar-refractivity contribution is 5.57. The number of hydrogen-bond acceptors (Lipinski definition) is 4. The van der Waals surface area contributed by atoms with Crippen LogP contribution in [0, 0.1) is 12.7 Å². The van der Waals surface area contributed by atoms with E-state index in [4.69, 9.17) is 5.73 Å². The summed E-state index contributed by atoms with van der Waals surface area (Å²) in [7, 11) is 0. The molecule has 0 fully saturated rings. The van der Waals surface area contributed by atoms with Gasteiger partial charge in [0.25, 0.3) is 0 Å². The highest BCUT2D eigenvalue weighted by atomic mass is 19.4. The number of alkyl halides is 3. The van der Waals surface area contributed by atoms with Crippen molar-refractivity contribution in [1.29, 1.82) is 0 Å². The number of nitrogens with zero attached hydrogens (tertiary/aromatic N) is 2. The first-order chi connectivity index (χ1) is 8.77. The third-order valence-electron chi connectivity index (χ3n) is 2.32. The van der Waals surface area contributed by atoms with Crippen LogP contribution < -0.4 is 11.1 Å². The fourth-order valence-corrected chi connectivity index (χ4v) is 1.51. The largest absolute Gasteiger partial charge is 0.419 e. The predicted octanol–water partition coefficient (Wildman–Crippen LogP) is 2.60. The quantitative estimate of drug-likeness (QED) is 0.736. The number of aryl methyl sites for hydroxylation is 1. The average Bonchev–Trinajstić information content (AvgIpc) is 2.67. The first kappa shape index (κ1) is 13.1. The van der Waals surface area contributed by atoms with E-state index in [2.05, 4.69) is 20.5 Å². The van der Waals surface area contributed by atoms with Crippen molar-refractivity contribution in [3.8, 4) is 0 Å². The van der Waals surface area contributed by atoms with Crippen LogP contribution in [-0.2, 0) is 6.18 Å². The Hall–Kier alpha value is -2.32. The van der Waals surface area contributed by atoms with E-state index in [1.165, 1.54) is 13.0 Å². The molecule has 2 rings (SSSR count). The lowest BCUT2D eigenvalue weighted by molar-refractivity contribution is -0.140. The van der Waals surface area contributed by atoms with Gasteiger partial charge in [-0.15, -0.1) is 5.10 Å². The lowest BCUT2D eigenvalue weighted by atomic mass is 10.1. The lowest BCUT2D eigenvalue weighted by Crippen LogP contribution is -2.10. The molecule has 0 atom stereocenters. The Kier molecular flexibility index (Phi) is 3.05. The second-order valence-corrected chi connectivity index (χ2v) is 3.82. The van der Waals surface area contributed by atoms with Gasteiger partial charge in [0.2, 0.25) is 11.9 Å². The molecule has 19 heavy (non-hydrogen) atoms. The van der Waals surface area contributed by atoms with Crippen molar-refractivity contribution in [1.82, 2.24) is 15.2 Å². The van der Waals surface area contributed by atoms with Crippen molar-refractivity contribution in [2.75, 3.05) is 11.1 Å². The Morgan fingerprint density at radius 3 is 2.53 bits per heavy atom. The summed E-state index contributed by atoms with van der Waals surface area (Å²) >= 11 is 0. The van der Waals surface area contributed by atoms with Crippen molar-refractivity contribution in [3.05, 3.63) is 29.1 Å². The summed E-state index contributed by atoms with van der Waals surface area (Å²) in [4.78, 5) is 3.67. The summed E-state index contributed by atoms with van der Waals surface area (Å²) < 4.78 is 51.3. The minimum absolute atomic E-state index is 0.00312. The molecule has 0 aliphatic carbocycles. The molecule has 5 nitrogen and oxygen atoms in total. The van der Waals surface area contributed by atoms with Crippen LogP contribution in [0.15, 0.2) is 12.1 Å². The molecule has 0 saturated heterocycles. The molecular weight excluding hydrogens is 266 g/mol. The van der Waals surface area contributed by atoms with E-state index in [0.29, 0.717) is 6.07 Å². The van der Waals surface area contributed by atoms with Crippen LogP contribution in [-0.4, -0.2) is 15.2 Å². The van der Waals surface area contributed by atoms with E-state index in [1.54, 1.807) is 0 Å². The summed E-state index contributed by atoms with van der Waals surface area (Å²) in [5.41, 5.74) is 3.81. The molecule has 1 aromatic heterocycles. The average molecular weight is 275 g/mol. The molecule has 0 unspecified atom stereocenters. The van der Waals surface area contributed by atoms with E-state index in [-0.39, 0.29) is 23.1 Å². The van der Waals surface area contributed by atoms with Gasteiger partial charge >= 0.3 is 6.18 Å². The van der Waals surface area contributed by atoms with Crippen LogP contribution in [0.25, 0.3) is 0 Å². The van der Waals surface area contributed by atoms with E-state index in [1.807, 2.05) is 0 Å². The van der Waals surface area contributed by atoms with Gasteiger partial charge in [-0.1, -0.05) is 0 Å². The maximum atomic E-state index is 13.4. The summed E-state index contributed by atoms with van der Waals surface area (Å²) in [5, 5.41) is 8.43. The van der Waals surface area contributed by atoms with Crippen LogP contribution in [0.3, 0.4) is 0 Å². The predicted molar refractivity (Wildman–Crippen MR) is 60.2 cm³/mol. The third kappa shape index (κ3) is 2.75. The van der Waals surface area contributed by atoms with E-state index in [9.17, 15) is 17.6 Å². The number of aromatic amines is 1. The van der Waals surface area contributed by atoms with Gasteiger partial charge in [0.1, 0.15) is 5.82 Å². The minimum Gasteiger partial charge on any atom is -0.368 e. The Morgan fingerprint density at radius 1 is 1.32 bits per heavy atom. The Labute approximate surface area is 104 Å². The number of halogens is 4. The molecular formula is C10H9F4N5. The highest BCUT2D eigenvalue weighted by Gasteiger charge is 2.35. The zero-order valence-electron chi connectivity index (χ0n) is 9.64. The van der Waals surface area contributed by atoms with E-state index in [0.717, 1.165) is 0 Å². The van der Waals surface area contributed by atoms with E-state index >= 15 is 0 Å². The first-order valence-electron chi connectivity index (χ1n) is 5.09. The molecule has 2 aromatic rings. The summed E-state index contributed by atoms with van der Waals surface area (Å²) in [6.45, 7) is 1.24. The number of aromatic nitrogens is 3. The molecule has 9 heteroatoms. The number of nitrogens with one attached hydrogen (secondary N) is 2. The fourth-order valence-electron chi connectivity index (χ4n) is 1.51. The maximum Gasteiger partial charge on any atom is 0.419 e. The second kappa shape index (κ2) is 4.41. The molecule has 0 radical (unpaired) electrons. The van der Waals surface area contributed by atoms with Crippen LogP contribution in [0.2, 0.25) is 0 Å². The van der Waals surface area contributed by atoms with Gasteiger partial charge in [-0.25, -0.2) is 9.49 Å². The van der Waals surface area contributed by atoms with Crippen molar-refractivity contribution < 1.29 is 17.6 Å². The number of benzene rings is 1. The standard InChI is InChI=1S/C10H9F4N5/c1-4-2-5(16-9-17-8(15)18-19-9)3-6(7(4)11)10(12,13)14/h2-3H,1H3,(H4,15,16,17,18,19). The Bertz CT molecular complexity index is 604. The monoisotopic (exact) mass is 275 g/mol. The molecule has 1 heterocycles. The molecule has 0 aliphatic heterocycles. The molecule has 102 valence electrons.